The minimum atomic E-state index is 0.650. The van der Waals surface area contributed by atoms with Gasteiger partial charge in [0.1, 0.15) is 23.8 Å². The van der Waals surface area contributed by atoms with Crippen LogP contribution in [-0.4, -0.2) is 56.3 Å². The number of hydrogen-bond acceptors (Lipinski definition) is 7. The number of H-pyrrole nitrogens is 1. The number of rotatable bonds is 3. The maximum absolute atomic E-state index is 4.66. The van der Waals surface area contributed by atoms with Crippen LogP contribution in [0.2, 0.25) is 0 Å². The van der Waals surface area contributed by atoms with Crippen LogP contribution in [-0.2, 0) is 0 Å². The maximum Gasteiger partial charge on any atom is 0.160 e. The van der Waals surface area contributed by atoms with Crippen LogP contribution in [0.15, 0.2) is 18.6 Å². The van der Waals surface area contributed by atoms with Gasteiger partial charge in [0.2, 0.25) is 0 Å². The molecule has 1 saturated carbocycles. The van der Waals surface area contributed by atoms with Crippen molar-refractivity contribution in [3.8, 4) is 0 Å². The first-order valence-electron chi connectivity index (χ1n) is 8.77. The molecular weight excluding hydrogens is 316 g/mol. The number of anilines is 2. The SMILES string of the molecule is Cc1nc(C2CC2)cc(N2CCN(c3ncnc4[nH]ncc34)CC2)n1. The van der Waals surface area contributed by atoms with Crippen LogP contribution in [0.1, 0.15) is 30.3 Å². The summed E-state index contributed by atoms with van der Waals surface area (Å²) in [6.07, 6.45) is 5.92. The van der Waals surface area contributed by atoms with Crippen LogP contribution in [0, 0.1) is 6.92 Å². The van der Waals surface area contributed by atoms with Crippen LogP contribution in [0.25, 0.3) is 11.0 Å². The molecule has 8 nitrogen and oxygen atoms in total. The Kier molecular flexibility index (Phi) is 3.29. The van der Waals surface area contributed by atoms with Gasteiger partial charge in [0.05, 0.1) is 11.6 Å². The van der Waals surface area contributed by atoms with Crippen LogP contribution >= 0.6 is 0 Å². The van der Waals surface area contributed by atoms with E-state index >= 15 is 0 Å². The van der Waals surface area contributed by atoms with Gasteiger partial charge in [-0.25, -0.2) is 19.9 Å². The highest BCUT2D eigenvalue weighted by atomic mass is 15.3. The van der Waals surface area contributed by atoms with E-state index in [4.69, 9.17) is 0 Å². The Morgan fingerprint density at radius 1 is 1.04 bits per heavy atom. The van der Waals surface area contributed by atoms with Gasteiger partial charge in [0, 0.05) is 43.9 Å². The molecule has 0 spiro atoms. The van der Waals surface area contributed by atoms with Gasteiger partial charge < -0.3 is 9.80 Å². The molecule has 1 N–H and O–H groups in total. The molecule has 3 aromatic heterocycles. The van der Waals surface area contributed by atoms with Crippen molar-refractivity contribution in [2.24, 2.45) is 0 Å². The lowest BCUT2D eigenvalue weighted by molar-refractivity contribution is 0.640. The number of aryl methyl sites for hydroxylation is 1. The third kappa shape index (κ3) is 2.67. The van der Waals surface area contributed by atoms with Gasteiger partial charge in [-0.3, -0.25) is 5.10 Å². The molecular formula is C17H20N8. The molecule has 4 heterocycles. The zero-order valence-electron chi connectivity index (χ0n) is 14.2. The highest BCUT2D eigenvalue weighted by molar-refractivity contribution is 5.86. The monoisotopic (exact) mass is 336 g/mol. The van der Waals surface area contributed by atoms with E-state index in [2.05, 4.69) is 46.0 Å². The zero-order valence-corrected chi connectivity index (χ0v) is 14.2. The molecule has 2 fully saturated rings. The fraction of sp³-hybridized carbons (Fsp3) is 0.471. The Labute approximate surface area is 145 Å². The topological polar surface area (TPSA) is 86.7 Å². The standard InChI is InChI=1S/C17H20N8/c1-11-21-14(12-2-3-12)8-15(22-11)24-4-6-25(7-5-24)17-13-9-20-23-16(13)18-10-19-17/h8-10,12H,2-7H2,1H3,(H,18,19,20,23). The first-order valence-corrected chi connectivity index (χ1v) is 8.77. The van der Waals surface area contributed by atoms with Gasteiger partial charge >= 0.3 is 0 Å². The lowest BCUT2D eigenvalue weighted by atomic mass is 10.2. The van der Waals surface area contributed by atoms with Crippen molar-refractivity contribution >= 4 is 22.7 Å². The summed E-state index contributed by atoms with van der Waals surface area (Å²) in [5, 5.41) is 7.96. The quantitative estimate of drug-likeness (QED) is 0.778. The van der Waals surface area contributed by atoms with E-state index in [0.717, 1.165) is 54.7 Å². The average Bonchev–Trinajstić information content (AvgIpc) is 3.38. The molecule has 1 aliphatic carbocycles. The molecule has 3 aromatic rings. The van der Waals surface area contributed by atoms with Gasteiger partial charge in [0.25, 0.3) is 0 Å². The van der Waals surface area contributed by atoms with E-state index in [1.807, 2.05) is 6.92 Å². The van der Waals surface area contributed by atoms with Crippen LogP contribution in [0.3, 0.4) is 0 Å². The lowest BCUT2D eigenvalue weighted by Gasteiger charge is -2.36. The molecule has 0 radical (unpaired) electrons. The van der Waals surface area contributed by atoms with E-state index in [1.165, 1.54) is 18.5 Å². The second kappa shape index (κ2) is 5.65. The fourth-order valence-corrected chi connectivity index (χ4v) is 3.48. The van der Waals surface area contributed by atoms with Gasteiger partial charge in [-0.15, -0.1) is 0 Å². The van der Waals surface area contributed by atoms with E-state index in [0.29, 0.717) is 5.92 Å². The van der Waals surface area contributed by atoms with Gasteiger partial charge in [0.15, 0.2) is 5.65 Å². The molecule has 25 heavy (non-hydrogen) atoms. The molecule has 5 rings (SSSR count). The summed E-state index contributed by atoms with van der Waals surface area (Å²) in [6.45, 7) is 5.63. The van der Waals surface area contributed by atoms with Crippen molar-refractivity contribution < 1.29 is 0 Å². The minimum Gasteiger partial charge on any atom is -0.353 e. The zero-order chi connectivity index (χ0) is 16.8. The van der Waals surface area contributed by atoms with Gasteiger partial charge in [-0.05, 0) is 19.8 Å². The largest absolute Gasteiger partial charge is 0.353 e. The van der Waals surface area contributed by atoms with E-state index in [-0.39, 0.29) is 0 Å². The third-order valence-electron chi connectivity index (χ3n) is 4.97. The Balaban J connectivity index is 1.35. The predicted octanol–water partition coefficient (Wildman–Crippen LogP) is 1.66. The van der Waals surface area contributed by atoms with E-state index in [9.17, 15) is 0 Å². The summed E-state index contributed by atoms with van der Waals surface area (Å²) in [7, 11) is 0. The lowest BCUT2D eigenvalue weighted by Crippen LogP contribution is -2.47. The summed E-state index contributed by atoms with van der Waals surface area (Å²) in [6, 6.07) is 2.18. The van der Waals surface area contributed by atoms with Crippen molar-refractivity contribution in [3.63, 3.8) is 0 Å². The summed E-state index contributed by atoms with van der Waals surface area (Å²) in [5.74, 6) is 3.54. The number of hydrogen-bond donors (Lipinski definition) is 1. The number of aromatic nitrogens is 6. The molecule has 2 aliphatic rings. The van der Waals surface area contributed by atoms with Crippen LogP contribution < -0.4 is 9.80 Å². The number of aromatic amines is 1. The Hall–Kier alpha value is -2.77. The van der Waals surface area contributed by atoms with Crippen LogP contribution in [0.5, 0.6) is 0 Å². The van der Waals surface area contributed by atoms with Crippen molar-refractivity contribution in [3.05, 3.63) is 30.1 Å². The van der Waals surface area contributed by atoms with Crippen molar-refractivity contribution in [1.82, 2.24) is 30.1 Å². The van der Waals surface area contributed by atoms with E-state index in [1.54, 1.807) is 12.5 Å². The van der Waals surface area contributed by atoms with E-state index < -0.39 is 0 Å². The Morgan fingerprint density at radius 2 is 1.84 bits per heavy atom. The first kappa shape index (κ1) is 14.6. The van der Waals surface area contributed by atoms with Crippen molar-refractivity contribution in [2.75, 3.05) is 36.0 Å². The fourth-order valence-electron chi connectivity index (χ4n) is 3.48. The molecule has 0 atom stereocenters. The third-order valence-corrected chi connectivity index (χ3v) is 4.97. The van der Waals surface area contributed by atoms with Crippen molar-refractivity contribution in [1.29, 1.82) is 0 Å². The highest BCUT2D eigenvalue weighted by Crippen LogP contribution is 2.39. The summed E-state index contributed by atoms with van der Waals surface area (Å²) >= 11 is 0. The molecule has 128 valence electrons. The first-order chi connectivity index (χ1) is 12.3. The smallest absolute Gasteiger partial charge is 0.160 e. The molecule has 8 heteroatoms. The molecule has 0 amide bonds. The van der Waals surface area contributed by atoms with Crippen LogP contribution in [0.4, 0.5) is 11.6 Å². The molecule has 0 aromatic carbocycles. The second-order valence-corrected chi connectivity index (χ2v) is 6.78. The molecule has 1 saturated heterocycles. The maximum atomic E-state index is 4.66. The van der Waals surface area contributed by atoms with Crippen molar-refractivity contribution in [2.45, 2.75) is 25.7 Å². The van der Waals surface area contributed by atoms with Gasteiger partial charge in [-0.1, -0.05) is 0 Å². The molecule has 1 aliphatic heterocycles. The Bertz CT molecular complexity index is 908. The van der Waals surface area contributed by atoms with Gasteiger partial charge in [-0.2, -0.15) is 5.10 Å². The predicted molar refractivity (Wildman–Crippen MR) is 94.9 cm³/mol. The number of nitrogens with one attached hydrogen (secondary N) is 1. The summed E-state index contributed by atoms with van der Waals surface area (Å²) in [5.41, 5.74) is 1.99. The average molecular weight is 336 g/mol. The summed E-state index contributed by atoms with van der Waals surface area (Å²) < 4.78 is 0. The number of fused-ring (bicyclic) bond motifs is 1. The summed E-state index contributed by atoms with van der Waals surface area (Å²) in [4.78, 5) is 22.6. The number of piperazine rings is 1. The minimum absolute atomic E-state index is 0.650. The Morgan fingerprint density at radius 3 is 2.64 bits per heavy atom. The highest BCUT2D eigenvalue weighted by Gasteiger charge is 2.27. The molecule has 0 bridgehead atoms. The second-order valence-electron chi connectivity index (χ2n) is 6.78. The number of nitrogens with zero attached hydrogens (tertiary/aromatic N) is 7. The molecule has 0 unspecified atom stereocenters. The normalized spacial score (nSPS) is 18.1.